The summed E-state index contributed by atoms with van der Waals surface area (Å²) in [4.78, 5) is 0. The van der Waals surface area contributed by atoms with Crippen molar-refractivity contribution in [2.75, 3.05) is 13.1 Å². The van der Waals surface area contributed by atoms with Crippen LogP contribution in [0.25, 0.3) is 0 Å². The third-order valence-electron chi connectivity index (χ3n) is 2.02. The van der Waals surface area contributed by atoms with Crippen molar-refractivity contribution < 1.29 is 5.11 Å². The van der Waals surface area contributed by atoms with Gasteiger partial charge in [-0.3, -0.25) is 0 Å². The molecule has 0 aromatic carbocycles. The number of nitrogens with one attached hydrogen (secondary N) is 1. The SMILES string of the molecule is C[C@H](O)[C@H]1CCCNC1. The molecule has 0 radical (unpaired) electrons. The second kappa shape index (κ2) is 3.18. The van der Waals surface area contributed by atoms with Crippen LogP contribution in [0.15, 0.2) is 0 Å². The van der Waals surface area contributed by atoms with E-state index in [2.05, 4.69) is 5.32 Å². The molecule has 0 unspecified atom stereocenters. The van der Waals surface area contributed by atoms with E-state index in [-0.39, 0.29) is 6.10 Å². The van der Waals surface area contributed by atoms with Crippen molar-refractivity contribution in [3.63, 3.8) is 0 Å². The molecule has 1 aliphatic heterocycles. The normalized spacial score (nSPS) is 32.0. The second-order valence-corrected chi connectivity index (χ2v) is 2.85. The molecule has 9 heavy (non-hydrogen) atoms. The molecule has 1 heterocycles. The highest BCUT2D eigenvalue weighted by molar-refractivity contribution is 4.72. The Balaban J connectivity index is 2.23. The molecule has 2 heteroatoms. The number of aliphatic hydroxyl groups excluding tert-OH is 1. The average Bonchev–Trinajstić information content (AvgIpc) is 1.90. The predicted octanol–water partition coefficient (Wildman–Crippen LogP) is 0.367. The van der Waals surface area contributed by atoms with E-state index in [0.717, 1.165) is 13.1 Å². The molecule has 1 fully saturated rings. The Morgan fingerprint density at radius 1 is 1.67 bits per heavy atom. The molecule has 0 aliphatic carbocycles. The van der Waals surface area contributed by atoms with Gasteiger partial charge in [0.15, 0.2) is 0 Å². The summed E-state index contributed by atoms with van der Waals surface area (Å²) in [5.41, 5.74) is 0. The lowest BCUT2D eigenvalue weighted by atomic mass is 9.95. The van der Waals surface area contributed by atoms with Crippen molar-refractivity contribution in [3.05, 3.63) is 0 Å². The van der Waals surface area contributed by atoms with Gasteiger partial charge in [-0.15, -0.1) is 0 Å². The van der Waals surface area contributed by atoms with Gasteiger partial charge in [0.1, 0.15) is 0 Å². The molecule has 0 saturated carbocycles. The number of piperidine rings is 1. The summed E-state index contributed by atoms with van der Waals surface area (Å²) in [6.07, 6.45) is 2.28. The van der Waals surface area contributed by atoms with E-state index in [1.54, 1.807) is 0 Å². The van der Waals surface area contributed by atoms with Crippen molar-refractivity contribution >= 4 is 0 Å². The molecule has 54 valence electrons. The first kappa shape index (κ1) is 7.03. The zero-order valence-corrected chi connectivity index (χ0v) is 5.93. The minimum absolute atomic E-state index is 0.127. The van der Waals surface area contributed by atoms with Crippen LogP contribution in [0.1, 0.15) is 19.8 Å². The first-order valence-electron chi connectivity index (χ1n) is 3.69. The smallest absolute Gasteiger partial charge is 0.0552 e. The molecular formula is C7H15NO. The standard InChI is InChI=1S/C7H15NO/c1-6(9)7-3-2-4-8-5-7/h6-9H,2-5H2,1H3/t6-,7-/m0/s1. The summed E-state index contributed by atoms with van der Waals surface area (Å²) in [5, 5.41) is 12.4. The van der Waals surface area contributed by atoms with Crippen LogP contribution in [0.4, 0.5) is 0 Å². The summed E-state index contributed by atoms with van der Waals surface area (Å²) in [6, 6.07) is 0. The van der Waals surface area contributed by atoms with E-state index in [1.165, 1.54) is 12.8 Å². The van der Waals surface area contributed by atoms with Crippen LogP contribution in [0.5, 0.6) is 0 Å². The van der Waals surface area contributed by atoms with Crippen molar-refractivity contribution in [1.29, 1.82) is 0 Å². The molecule has 0 spiro atoms. The molecule has 1 rings (SSSR count). The molecule has 1 aliphatic rings. The maximum atomic E-state index is 9.14. The molecule has 0 amide bonds. The minimum atomic E-state index is -0.127. The van der Waals surface area contributed by atoms with Crippen molar-refractivity contribution in [2.24, 2.45) is 5.92 Å². The molecule has 0 aromatic rings. The maximum absolute atomic E-state index is 9.14. The highest BCUT2D eigenvalue weighted by atomic mass is 16.3. The Hall–Kier alpha value is -0.0800. The zero-order valence-electron chi connectivity index (χ0n) is 5.93. The Labute approximate surface area is 56.3 Å². The monoisotopic (exact) mass is 129 g/mol. The van der Waals surface area contributed by atoms with Gasteiger partial charge >= 0.3 is 0 Å². The van der Waals surface area contributed by atoms with Gasteiger partial charge in [-0.25, -0.2) is 0 Å². The summed E-state index contributed by atoms with van der Waals surface area (Å²) in [5.74, 6) is 0.499. The lowest BCUT2D eigenvalue weighted by molar-refractivity contribution is 0.109. The molecular weight excluding hydrogens is 114 g/mol. The molecule has 0 bridgehead atoms. The summed E-state index contributed by atoms with van der Waals surface area (Å²) in [7, 11) is 0. The van der Waals surface area contributed by atoms with E-state index in [0.29, 0.717) is 5.92 Å². The van der Waals surface area contributed by atoms with Crippen molar-refractivity contribution in [2.45, 2.75) is 25.9 Å². The van der Waals surface area contributed by atoms with Crippen LogP contribution in [0.2, 0.25) is 0 Å². The summed E-state index contributed by atoms with van der Waals surface area (Å²) >= 11 is 0. The number of hydrogen-bond donors (Lipinski definition) is 2. The van der Waals surface area contributed by atoms with Crippen molar-refractivity contribution in [3.8, 4) is 0 Å². The predicted molar refractivity (Wildman–Crippen MR) is 37.3 cm³/mol. The van der Waals surface area contributed by atoms with Gasteiger partial charge in [0.05, 0.1) is 6.10 Å². The maximum Gasteiger partial charge on any atom is 0.0552 e. The highest BCUT2D eigenvalue weighted by Gasteiger charge is 2.16. The molecule has 2 nitrogen and oxygen atoms in total. The molecule has 1 saturated heterocycles. The van der Waals surface area contributed by atoms with E-state index in [1.807, 2.05) is 6.92 Å². The van der Waals surface area contributed by atoms with Crippen LogP contribution >= 0.6 is 0 Å². The third kappa shape index (κ3) is 1.95. The summed E-state index contributed by atoms with van der Waals surface area (Å²) < 4.78 is 0. The first-order chi connectivity index (χ1) is 4.30. The van der Waals surface area contributed by atoms with Crippen LogP contribution in [0.3, 0.4) is 0 Å². The van der Waals surface area contributed by atoms with Gasteiger partial charge in [-0.1, -0.05) is 0 Å². The van der Waals surface area contributed by atoms with E-state index in [4.69, 9.17) is 5.11 Å². The molecule has 2 atom stereocenters. The van der Waals surface area contributed by atoms with E-state index >= 15 is 0 Å². The van der Waals surface area contributed by atoms with Gasteiger partial charge in [-0.2, -0.15) is 0 Å². The zero-order chi connectivity index (χ0) is 6.69. The van der Waals surface area contributed by atoms with E-state index < -0.39 is 0 Å². The minimum Gasteiger partial charge on any atom is -0.393 e. The van der Waals surface area contributed by atoms with Crippen LogP contribution < -0.4 is 5.32 Å². The van der Waals surface area contributed by atoms with Gasteiger partial charge in [0.2, 0.25) is 0 Å². The number of aliphatic hydroxyl groups is 1. The van der Waals surface area contributed by atoms with E-state index in [9.17, 15) is 0 Å². The summed E-state index contributed by atoms with van der Waals surface area (Å²) in [6.45, 7) is 4.00. The largest absolute Gasteiger partial charge is 0.393 e. The van der Waals surface area contributed by atoms with Gasteiger partial charge in [0.25, 0.3) is 0 Å². The Kier molecular flexibility index (Phi) is 2.49. The number of hydrogen-bond acceptors (Lipinski definition) is 2. The topological polar surface area (TPSA) is 32.3 Å². The van der Waals surface area contributed by atoms with Crippen LogP contribution in [-0.4, -0.2) is 24.3 Å². The Morgan fingerprint density at radius 3 is 2.78 bits per heavy atom. The van der Waals surface area contributed by atoms with Crippen LogP contribution in [0, 0.1) is 5.92 Å². The highest BCUT2D eigenvalue weighted by Crippen LogP contribution is 2.13. The second-order valence-electron chi connectivity index (χ2n) is 2.85. The lowest BCUT2D eigenvalue weighted by Gasteiger charge is -2.24. The fourth-order valence-corrected chi connectivity index (χ4v) is 1.29. The fraction of sp³-hybridized carbons (Fsp3) is 1.00. The van der Waals surface area contributed by atoms with Gasteiger partial charge < -0.3 is 10.4 Å². The quantitative estimate of drug-likeness (QED) is 0.536. The first-order valence-corrected chi connectivity index (χ1v) is 3.69. The third-order valence-corrected chi connectivity index (χ3v) is 2.02. The Bertz CT molecular complexity index is 77.0. The van der Waals surface area contributed by atoms with Crippen molar-refractivity contribution in [1.82, 2.24) is 5.32 Å². The van der Waals surface area contributed by atoms with Gasteiger partial charge in [-0.05, 0) is 32.2 Å². The molecule has 2 N–H and O–H groups in total. The fourth-order valence-electron chi connectivity index (χ4n) is 1.29. The molecule has 0 aromatic heterocycles. The number of rotatable bonds is 1. The van der Waals surface area contributed by atoms with Crippen LogP contribution in [-0.2, 0) is 0 Å². The van der Waals surface area contributed by atoms with Gasteiger partial charge in [0, 0.05) is 6.54 Å². The average molecular weight is 129 g/mol. The lowest BCUT2D eigenvalue weighted by Crippen LogP contribution is -2.35. The Morgan fingerprint density at radius 2 is 2.44 bits per heavy atom.